The number of rotatable bonds is 7. The number of ether oxygens (including phenoxy) is 2. The largest absolute Gasteiger partial charge is 0.490 e. The van der Waals surface area contributed by atoms with Gasteiger partial charge in [0.05, 0.1) is 23.3 Å². The monoisotopic (exact) mass is 532 g/mol. The molecule has 0 aliphatic carbocycles. The van der Waals surface area contributed by atoms with Crippen molar-refractivity contribution in [1.82, 2.24) is 9.78 Å². The average molecular weight is 534 g/mol. The molecular weight excluding hydrogens is 515 g/mol. The first-order valence-electron chi connectivity index (χ1n) is 9.53. The lowest BCUT2D eigenvalue weighted by atomic mass is 10.1. The molecular formula is C23H19Br2FN2O2. The molecule has 0 amide bonds. The number of benzene rings is 3. The lowest BCUT2D eigenvalue weighted by Gasteiger charge is -2.12. The summed E-state index contributed by atoms with van der Waals surface area (Å²) in [5.41, 5.74) is 0.982. The maximum Gasteiger partial charge on any atom is 0.212 e. The van der Waals surface area contributed by atoms with E-state index in [4.69, 9.17) is 9.47 Å². The first-order chi connectivity index (χ1) is 14.6. The van der Waals surface area contributed by atoms with E-state index in [0.29, 0.717) is 36.9 Å². The summed E-state index contributed by atoms with van der Waals surface area (Å²) in [6, 6.07) is 18.4. The highest BCUT2D eigenvalue weighted by atomic mass is 79.9. The van der Waals surface area contributed by atoms with Crippen molar-refractivity contribution in [3.8, 4) is 22.9 Å². The van der Waals surface area contributed by atoms with Gasteiger partial charge < -0.3 is 9.47 Å². The van der Waals surface area contributed by atoms with E-state index in [1.54, 1.807) is 28.9 Å². The van der Waals surface area contributed by atoms with Crippen molar-refractivity contribution in [1.29, 1.82) is 0 Å². The van der Waals surface area contributed by atoms with Gasteiger partial charge in [-0.3, -0.25) is 0 Å². The highest BCUT2D eigenvalue weighted by Gasteiger charge is 2.14. The molecule has 0 fully saturated rings. The van der Waals surface area contributed by atoms with Crippen LogP contribution in [0.2, 0.25) is 0 Å². The molecule has 0 N–H and O–H groups in total. The van der Waals surface area contributed by atoms with Crippen LogP contribution in [0.4, 0.5) is 4.39 Å². The van der Waals surface area contributed by atoms with Crippen LogP contribution in [0.5, 0.6) is 11.6 Å². The van der Waals surface area contributed by atoms with Gasteiger partial charge in [-0.05, 0) is 64.0 Å². The molecule has 7 heteroatoms. The van der Waals surface area contributed by atoms with Gasteiger partial charge in [0.2, 0.25) is 5.88 Å². The van der Waals surface area contributed by atoms with E-state index in [1.807, 2.05) is 31.2 Å². The normalized spacial score (nSPS) is 11.1. The summed E-state index contributed by atoms with van der Waals surface area (Å²) in [6.45, 7) is 3.25. The van der Waals surface area contributed by atoms with Crippen LogP contribution in [0, 0.1) is 5.82 Å². The molecule has 3 aromatic carbocycles. The summed E-state index contributed by atoms with van der Waals surface area (Å²) in [4.78, 5) is 0. The smallest absolute Gasteiger partial charge is 0.212 e. The van der Waals surface area contributed by atoms with Gasteiger partial charge in [-0.25, -0.2) is 9.07 Å². The molecule has 0 radical (unpaired) electrons. The molecule has 4 rings (SSSR count). The van der Waals surface area contributed by atoms with E-state index in [9.17, 15) is 4.39 Å². The number of hydrogen-bond acceptors (Lipinski definition) is 3. The summed E-state index contributed by atoms with van der Waals surface area (Å²) in [5, 5.41) is 6.72. The van der Waals surface area contributed by atoms with Gasteiger partial charge in [0.25, 0.3) is 0 Å². The quantitative estimate of drug-likeness (QED) is 0.261. The van der Waals surface area contributed by atoms with Crippen LogP contribution in [-0.2, 0) is 6.54 Å². The van der Waals surface area contributed by atoms with Gasteiger partial charge in [-0.2, -0.15) is 5.10 Å². The molecule has 0 spiro atoms. The highest BCUT2D eigenvalue weighted by molar-refractivity contribution is 9.11. The number of fused-ring (bicyclic) bond motifs is 1. The van der Waals surface area contributed by atoms with Gasteiger partial charge >= 0.3 is 0 Å². The Balaban J connectivity index is 1.52. The third-order valence-corrected chi connectivity index (χ3v) is 5.94. The lowest BCUT2D eigenvalue weighted by Crippen LogP contribution is -2.12. The Morgan fingerprint density at radius 1 is 1.00 bits per heavy atom. The van der Waals surface area contributed by atoms with Crippen molar-refractivity contribution in [2.75, 3.05) is 13.2 Å². The summed E-state index contributed by atoms with van der Waals surface area (Å²) in [6.07, 6.45) is 0. The molecule has 4 aromatic rings. The summed E-state index contributed by atoms with van der Waals surface area (Å²) in [7, 11) is 0. The van der Waals surface area contributed by atoms with Gasteiger partial charge in [-0.1, -0.05) is 40.2 Å². The number of nitrogens with zero attached hydrogens (tertiary/aromatic N) is 2. The van der Waals surface area contributed by atoms with Crippen LogP contribution in [0.15, 0.2) is 69.6 Å². The second-order valence-electron chi connectivity index (χ2n) is 6.60. The van der Waals surface area contributed by atoms with E-state index in [2.05, 4.69) is 43.0 Å². The van der Waals surface area contributed by atoms with E-state index >= 15 is 0 Å². The van der Waals surface area contributed by atoms with Gasteiger partial charge in [0, 0.05) is 16.1 Å². The van der Waals surface area contributed by atoms with Crippen LogP contribution < -0.4 is 9.47 Å². The average Bonchev–Trinajstić information content (AvgIpc) is 3.13. The molecule has 0 atom stereocenters. The van der Waals surface area contributed by atoms with E-state index in [-0.39, 0.29) is 5.82 Å². The van der Waals surface area contributed by atoms with E-state index < -0.39 is 0 Å². The zero-order chi connectivity index (χ0) is 21.1. The van der Waals surface area contributed by atoms with Gasteiger partial charge in [-0.15, -0.1) is 0 Å². The topological polar surface area (TPSA) is 36.3 Å². The third kappa shape index (κ3) is 4.37. The molecule has 4 nitrogen and oxygen atoms in total. The van der Waals surface area contributed by atoms with Crippen LogP contribution in [-0.4, -0.2) is 23.0 Å². The number of hydrogen-bond donors (Lipinski definition) is 0. The third-order valence-electron chi connectivity index (χ3n) is 4.63. The van der Waals surface area contributed by atoms with Crippen LogP contribution in [0.1, 0.15) is 6.92 Å². The number of halogens is 3. The standard InChI is InChI=1S/C23H19Br2FN2O2/c1-2-29-22-14-20(18-5-3-4-6-19(18)26)27-28(22)11-12-30-21-10-7-15-13-16(24)8-9-17(15)23(21)25/h3-10,13-14H,2,11-12H2,1H3. The fourth-order valence-corrected chi connectivity index (χ4v) is 4.21. The Labute approximate surface area is 190 Å². The number of aromatic nitrogens is 2. The lowest BCUT2D eigenvalue weighted by molar-refractivity contribution is 0.259. The Bertz CT molecular complexity index is 1190. The highest BCUT2D eigenvalue weighted by Crippen LogP contribution is 2.34. The summed E-state index contributed by atoms with van der Waals surface area (Å²) >= 11 is 7.14. The maximum atomic E-state index is 14.1. The Hall–Kier alpha value is -2.38. The zero-order valence-corrected chi connectivity index (χ0v) is 19.4. The fraction of sp³-hybridized carbons (Fsp3) is 0.174. The van der Waals surface area contributed by atoms with Crippen molar-refractivity contribution in [3.63, 3.8) is 0 Å². The molecule has 0 unspecified atom stereocenters. The fourth-order valence-electron chi connectivity index (χ4n) is 3.22. The molecule has 0 saturated carbocycles. The molecule has 1 aromatic heterocycles. The van der Waals surface area contributed by atoms with E-state index in [0.717, 1.165) is 25.5 Å². The SMILES string of the molecule is CCOc1cc(-c2ccccc2F)nn1CCOc1ccc2cc(Br)ccc2c1Br. The van der Waals surface area contributed by atoms with Crippen molar-refractivity contribution in [2.45, 2.75) is 13.5 Å². The summed E-state index contributed by atoms with van der Waals surface area (Å²) < 4.78 is 29.5. The van der Waals surface area contributed by atoms with E-state index in [1.165, 1.54) is 6.07 Å². The molecule has 30 heavy (non-hydrogen) atoms. The van der Waals surface area contributed by atoms with Gasteiger partial charge in [0.15, 0.2) is 0 Å². The first kappa shape index (κ1) is 20.9. The Morgan fingerprint density at radius 3 is 2.63 bits per heavy atom. The minimum atomic E-state index is -0.312. The van der Waals surface area contributed by atoms with Crippen molar-refractivity contribution >= 4 is 42.6 Å². The zero-order valence-electron chi connectivity index (χ0n) is 16.2. The van der Waals surface area contributed by atoms with Crippen LogP contribution in [0.25, 0.3) is 22.0 Å². The predicted molar refractivity (Wildman–Crippen MR) is 124 cm³/mol. The van der Waals surface area contributed by atoms with Gasteiger partial charge in [0.1, 0.15) is 18.2 Å². The molecule has 0 aliphatic rings. The second-order valence-corrected chi connectivity index (χ2v) is 8.30. The molecule has 0 aliphatic heterocycles. The predicted octanol–water partition coefficient (Wildman–Crippen LogP) is 6.85. The summed E-state index contributed by atoms with van der Waals surface area (Å²) in [5.74, 6) is 1.03. The second kappa shape index (κ2) is 9.18. The van der Waals surface area contributed by atoms with Crippen molar-refractivity contribution in [3.05, 3.63) is 75.4 Å². The maximum absolute atomic E-state index is 14.1. The van der Waals surface area contributed by atoms with Crippen molar-refractivity contribution < 1.29 is 13.9 Å². The first-order valence-corrected chi connectivity index (χ1v) is 11.1. The minimum absolute atomic E-state index is 0.312. The molecule has 154 valence electrons. The van der Waals surface area contributed by atoms with Crippen LogP contribution in [0.3, 0.4) is 0 Å². The van der Waals surface area contributed by atoms with Crippen LogP contribution >= 0.6 is 31.9 Å². The minimum Gasteiger partial charge on any atom is -0.490 e. The molecule has 0 saturated heterocycles. The molecule has 1 heterocycles. The molecule has 0 bridgehead atoms. The Kier molecular flexibility index (Phi) is 6.39. The van der Waals surface area contributed by atoms with Crippen molar-refractivity contribution in [2.24, 2.45) is 0 Å². The Morgan fingerprint density at radius 2 is 1.83 bits per heavy atom.